The zero-order valence-electron chi connectivity index (χ0n) is 12.6. The first-order chi connectivity index (χ1) is 11.1. The topological polar surface area (TPSA) is 93.9 Å². The van der Waals surface area contributed by atoms with Gasteiger partial charge in [0.2, 0.25) is 0 Å². The average molecular weight is 318 g/mol. The van der Waals surface area contributed by atoms with Gasteiger partial charge in [0.1, 0.15) is 24.2 Å². The normalized spacial score (nSPS) is 11.6. The second-order valence-electron chi connectivity index (χ2n) is 4.83. The van der Waals surface area contributed by atoms with Crippen LogP contribution in [0, 0.1) is 10.1 Å². The Morgan fingerprint density at radius 2 is 1.74 bits per heavy atom. The summed E-state index contributed by atoms with van der Waals surface area (Å²) in [5, 5.41) is 23.5. The zero-order valence-corrected chi connectivity index (χ0v) is 12.6. The number of anilines is 1. The summed E-state index contributed by atoms with van der Waals surface area (Å²) in [6.07, 6.45) is -0.715. The monoisotopic (exact) mass is 318 g/mol. The van der Waals surface area contributed by atoms with E-state index in [9.17, 15) is 15.2 Å². The van der Waals surface area contributed by atoms with E-state index >= 15 is 0 Å². The van der Waals surface area contributed by atoms with Crippen molar-refractivity contribution in [2.45, 2.75) is 6.10 Å². The number of nitrogens with zero attached hydrogens (tertiary/aromatic N) is 1. The van der Waals surface area contributed by atoms with Gasteiger partial charge in [-0.3, -0.25) is 10.1 Å². The predicted molar refractivity (Wildman–Crippen MR) is 86.1 cm³/mol. The molecule has 0 radical (unpaired) electrons. The molecule has 2 aromatic rings. The van der Waals surface area contributed by atoms with Gasteiger partial charge in [-0.15, -0.1) is 0 Å². The van der Waals surface area contributed by atoms with Crippen molar-refractivity contribution in [2.75, 3.05) is 25.6 Å². The Hall–Kier alpha value is -2.80. The van der Waals surface area contributed by atoms with Gasteiger partial charge in [-0.2, -0.15) is 0 Å². The molecule has 0 saturated heterocycles. The van der Waals surface area contributed by atoms with Crippen LogP contribution in [0.1, 0.15) is 0 Å². The first-order valence-electron chi connectivity index (χ1n) is 7.01. The highest BCUT2D eigenvalue weighted by Gasteiger charge is 2.08. The van der Waals surface area contributed by atoms with Gasteiger partial charge < -0.3 is 19.9 Å². The Labute approximate surface area is 133 Å². The second kappa shape index (κ2) is 8.00. The fourth-order valence-corrected chi connectivity index (χ4v) is 1.86. The molecular weight excluding hydrogens is 300 g/mol. The van der Waals surface area contributed by atoms with Crippen LogP contribution in [0.15, 0.2) is 48.5 Å². The second-order valence-corrected chi connectivity index (χ2v) is 4.83. The summed E-state index contributed by atoms with van der Waals surface area (Å²) < 4.78 is 10.5. The Morgan fingerprint density at radius 1 is 1.13 bits per heavy atom. The smallest absolute Gasteiger partial charge is 0.269 e. The van der Waals surface area contributed by atoms with Crippen LogP contribution < -0.4 is 14.8 Å². The fraction of sp³-hybridized carbons (Fsp3) is 0.250. The minimum absolute atomic E-state index is 0.000860. The van der Waals surface area contributed by atoms with Gasteiger partial charge >= 0.3 is 0 Å². The number of nitro groups is 1. The SMILES string of the molecule is COc1ccc(NCC(O)COc2ccc([N+](=O)[O-])cc2)cc1. The van der Waals surface area contributed by atoms with Gasteiger partial charge in [-0.05, 0) is 36.4 Å². The highest BCUT2D eigenvalue weighted by Crippen LogP contribution is 2.18. The number of non-ortho nitro benzene ring substituents is 1. The van der Waals surface area contributed by atoms with Crippen molar-refractivity contribution < 1.29 is 19.5 Å². The maximum atomic E-state index is 10.5. The Bertz CT molecular complexity index is 628. The number of nitro benzene ring substituents is 1. The summed E-state index contributed by atoms with van der Waals surface area (Å²) in [6, 6.07) is 13.1. The molecule has 0 saturated carbocycles. The molecule has 0 aliphatic rings. The maximum absolute atomic E-state index is 10.5. The number of methoxy groups -OCH3 is 1. The van der Waals surface area contributed by atoms with Crippen molar-refractivity contribution in [3.8, 4) is 11.5 Å². The maximum Gasteiger partial charge on any atom is 0.269 e. The van der Waals surface area contributed by atoms with Crippen LogP contribution in [0.5, 0.6) is 11.5 Å². The van der Waals surface area contributed by atoms with Gasteiger partial charge in [-0.1, -0.05) is 0 Å². The number of aliphatic hydroxyl groups excluding tert-OH is 1. The molecular formula is C16H18N2O5. The first kappa shape index (κ1) is 16.6. The number of aliphatic hydroxyl groups is 1. The Morgan fingerprint density at radius 3 is 2.30 bits per heavy atom. The number of rotatable bonds is 8. The molecule has 0 bridgehead atoms. The molecule has 1 atom stereocenters. The summed E-state index contributed by atoms with van der Waals surface area (Å²) >= 11 is 0. The van der Waals surface area contributed by atoms with Crippen LogP contribution in [0.4, 0.5) is 11.4 Å². The van der Waals surface area contributed by atoms with Crippen LogP contribution in [-0.4, -0.2) is 36.4 Å². The third-order valence-electron chi connectivity index (χ3n) is 3.12. The molecule has 0 amide bonds. The number of ether oxygens (including phenoxy) is 2. The number of hydrogen-bond acceptors (Lipinski definition) is 6. The summed E-state index contributed by atoms with van der Waals surface area (Å²) in [5.74, 6) is 1.23. The molecule has 2 rings (SSSR count). The minimum atomic E-state index is -0.715. The van der Waals surface area contributed by atoms with E-state index in [1.54, 1.807) is 7.11 Å². The standard InChI is InChI=1S/C16H18N2O5/c1-22-15-6-2-12(3-7-15)17-10-14(19)11-23-16-8-4-13(5-9-16)18(20)21/h2-9,14,17,19H,10-11H2,1H3. The van der Waals surface area contributed by atoms with E-state index in [-0.39, 0.29) is 12.3 Å². The Kier molecular flexibility index (Phi) is 5.76. The predicted octanol–water partition coefficient (Wildman–Crippen LogP) is 2.46. The summed E-state index contributed by atoms with van der Waals surface area (Å²) in [6.45, 7) is 0.403. The lowest BCUT2D eigenvalue weighted by Crippen LogP contribution is -2.26. The van der Waals surface area contributed by atoms with E-state index in [2.05, 4.69) is 5.32 Å². The summed E-state index contributed by atoms with van der Waals surface area (Å²) in [7, 11) is 1.60. The third kappa shape index (κ3) is 5.15. The number of hydrogen-bond donors (Lipinski definition) is 2. The molecule has 7 nitrogen and oxygen atoms in total. The number of nitrogens with one attached hydrogen (secondary N) is 1. The highest BCUT2D eigenvalue weighted by atomic mass is 16.6. The van der Waals surface area contributed by atoms with E-state index in [1.165, 1.54) is 24.3 Å². The molecule has 23 heavy (non-hydrogen) atoms. The van der Waals surface area contributed by atoms with Crippen molar-refractivity contribution in [3.05, 3.63) is 58.6 Å². The lowest BCUT2D eigenvalue weighted by atomic mass is 10.3. The van der Waals surface area contributed by atoms with Crippen LogP contribution in [0.3, 0.4) is 0 Å². The highest BCUT2D eigenvalue weighted by molar-refractivity contribution is 5.46. The molecule has 1 unspecified atom stereocenters. The van der Waals surface area contributed by atoms with Gasteiger partial charge in [0.15, 0.2) is 0 Å². The van der Waals surface area contributed by atoms with E-state index in [0.29, 0.717) is 12.3 Å². The van der Waals surface area contributed by atoms with Crippen molar-refractivity contribution in [2.24, 2.45) is 0 Å². The first-order valence-corrected chi connectivity index (χ1v) is 7.01. The van der Waals surface area contributed by atoms with E-state index in [4.69, 9.17) is 9.47 Å². The zero-order chi connectivity index (χ0) is 16.7. The van der Waals surface area contributed by atoms with Crippen molar-refractivity contribution in [1.82, 2.24) is 0 Å². The van der Waals surface area contributed by atoms with Gasteiger partial charge in [0.05, 0.1) is 12.0 Å². The molecule has 7 heteroatoms. The average Bonchev–Trinajstić information content (AvgIpc) is 2.59. The van der Waals surface area contributed by atoms with Gasteiger partial charge in [0, 0.05) is 24.4 Å². The molecule has 0 spiro atoms. The van der Waals surface area contributed by atoms with E-state index in [0.717, 1.165) is 11.4 Å². The van der Waals surface area contributed by atoms with Crippen LogP contribution in [-0.2, 0) is 0 Å². The van der Waals surface area contributed by atoms with E-state index in [1.807, 2.05) is 24.3 Å². The van der Waals surface area contributed by atoms with Gasteiger partial charge in [0.25, 0.3) is 5.69 Å². The summed E-state index contributed by atoms with van der Waals surface area (Å²) in [4.78, 5) is 10.1. The quantitative estimate of drug-likeness (QED) is 0.573. The molecule has 0 aliphatic carbocycles. The summed E-state index contributed by atoms with van der Waals surface area (Å²) in [5.41, 5.74) is 0.860. The van der Waals surface area contributed by atoms with Crippen LogP contribution >= 0.6 is 0 Å². The lowest BCUT2D eigenvalue weighted by molar-refractivity contribution is -0.384. The van der Waals surface area contributed by atoms with E-state index < -0.39 is 11.0 Å². The van der Waals surface area contributed by atoms with Crippen molar-refractivity contribution in [3.63, 3.8) is 0 Å². The fourth-order valence-electron chi connectivity index (χ4n) is 1.86. The third-order valence-corrected chi connectivity index (χ3v) is 3.12. The number of benzene rings is 2. The molecule has 0 fully saturated rings. The Balaban J connectivity index is 1.75. The molecule has 2 N–H and O–H groups in total. The van der Waals surface area contributed by atoms with Crippen molar-refractivity contribution >= 4 is 11.4 Å². The van der Waals surface area contributed by atoms with Crippen LogP contribution in [0.25, 0.3) is 0 Å². The largest absolute Gasteiger partial charge is 0.497 e. The molecule has 2 aromatic carbocycles. The van der Waals surface area contributed by atoms with Crippen molar-refractivity contribution in [1.29, 1.82) is 0 Å². The molecule has 0 heterocycles. The molecule has 0 aromatic heterocycles. The molecule has 122 valence electrons. The lowest BCUT2D eigenvalue weighted by Gasteiger charge is -2.14. The van der Waals surface area contributed by atoms with Gasteiger partial charge in [-0.25, -0.2) is 0 Å². The minimum Gasteiger partial charge on any atom is -0.497 e. The van der Waals surface area contributed by atoms with Crippen LogP contribution in [0.2, 0.25) is 0 Å². The molecule has 0 aliphatic heterocycles.